The predicted molar refractivity (Wildman–Crippen MR) is 105 cm³/mol. The first-order valence-electron chi connectivity index (χ1n) is 9.09. The van der Waals surface area contributed by atoms with Gasteiger partial charge in [-0.1, -0.05) is 49.4 Å². The van der Waals surface area contributed by atoms with Gasteiger partial charge in [0.25, 0.3) is 5.91 Å². The number of nitrogens with zero attached hydrogens (tertiary/aromatic N) is 1. The summed E-state index contributed by atoms with van der Waals surface area (Å²) in [6.07, 6.45) is 0.338. The van der Waals surface area contributed by atoms with Crippen LogP contribution in [0.2, 0.25) is 0 Å². The number of urea groups is 1. The van der Waals surface area contributed by atoms with Crippen LogP contribution in [0.25, 0.3) is 0 Å². The third-order valence-electron chi connectivity index (χ3n) is 4.88. The lowest BCUT2D eigenvalue weighted by Crippen LogP contribution is -2.44. The van der Waals surface area contributed by atoms with Crippen molar-refractivity contribution in [2.75, 3.05) is 19.0 Å². The van der Waals surface area contributed by atoms with Crippen LogP contribution >= 0.6 is 0 Å². The van der Waals surface area contributed by atoms with Crippen molar-refractivity contribution in [3.8, 4) is 0 Å². The Balaban J connectivity index is 1.79. The lowest BCUT2D eigenvalue weighted by molar-refractivity contribution is -0.134. The maximum Gasteiger partial charge on any atom is 0.339 e. The Labute approximate surface area is 167 Å². The zero-order chi connectivity index (χ0) is 21.0. The Morgan fingerprint density at radius 3 is 2.38 bits per heavy atom. The SMILES string of the molecule is CCC1(c2ccccc2)NC(=O)N(CC(=O)Nc2ccccc2C(=O)OC)C1=O. The van der Waals surface area contributed by atoms with Crippen LogP contribution in [0, 0.1) is 0 Å². The average Bonchev–Trinajstić information content (AvgIpc) is 2.99. The lowest BCUT2D eigenvalue weighted by atomic mass is 9.87. The van der Waals surface area contributed by atoms with Crippen molar-refractivity contribution in [3.05, 3.63) is 65.7 Å². The maximum atomic E-state index is 13.1. The molecular formula is C21H21N3O5. The lowest BCUT2D eigenvalue weighted by Gasteiger charge is -2.25. The molecule has 2 N–H and O–H groups in total. The number of imide groups is 1. The third-order valence-corrected chi connectivity index (χ3v) is 4.88. The standard InChI is InChI=1S/C21H21N3O5/c1-3-21(14-9-5-4-6-10-14)19(27)24(20(28)23-21)13-17(25)22-16-12-8-7-11-15(16)18(26)29-2/h4-12H,3,13H2,1-2H3,(H,22,25)(H,23,28). The highest BCUT2D eigenvalue weighted by atomic mass is 16.5. The number of rotatable bonds is 6. The molecule has 0 saturated carbocycles. The van der Waals surface area contributed by atoms with Gasteiger partial charge in [-0.25, -0.2) is 9.59 Å². The molecule has 0 bridgehead atoms. The maximum absolute atomic E-state index is 13.1. The van der Waals surface area contributed by atoms with Gasteiger partial charge in [-0.15, -0.1) is 0 Å². The number of nitrogens with one attached hydrogen (secondary N) is 2. The van der Waals surface area contributed by atoms with Gasteiger partial charge in [-0.2, -0.15) is 0 Å². The number of esters is 1. The molecular weight excluding hydrogens is 374 g/mol. The van der Waals surface area contributed by atoms with Gasteiger partial charge in [-0.05, 0) is 24.1 Å². The Morgan fingerprint density at radius 2 is 1.72 bits per heavy atom. The van der Waals surface area contributed by atoms with Gasteiger partial charge in [0.1, 0.15) is 12.1 Å². The molecule has 1 unspecified atom stereocenters. The van der Waals surface area contributed by atoms with Crippen molar-refractivity contribution in [1.29, 1.82) is 0 Å². The first-order valence-corrected chi connectivity index (χ1v) is 9.09. The van der Waals surface area contributed by atoms with E-state index in [9.17, 15) is 19.2 Å². The molecule has 1 aliphatic heterocycles. The van der Waals surface area contributed by atoms with Crippen LogP contribution in [-0.4, -0.2) is 42.4 Å². The van der Waals surface area contributed by atoms with E-state index in [2.05, 4.69) is 10.6 Å². The summed E-state index contributed by atoms with van der Waals surface area (Å²) in [5.41, 5.74) is -0.142. The zero-order valence-corrected chi connectivity index (χ0v) is 16.1. The summed E-state index contributed by atoms with van der Waals surface area (Å²) in [6.45, 7) is 1.32. The summed E-state index contributed by atoms with van der Waals surface area (Å²) in [5, 5.41) is 5.29. The molecule has 1 fully saturated rings. The molecule has 1 aliphatic rings. The molecule has 1 saturated heterocycles. The van der Waals surface area contributed by atoms with Crippen LogP contribution in [0.15, 0.2) is 54.6 Å². The number of para-hydroxylation sites is 1. The van der Waals surface area contributed by atoms with Gasteiger partial charge in [0, 0.05) is 0 Å². The molecule has 2 aromatic rings. The second-order valence-corrected chi connectivity index (χ2v) is 6.53. The number of methoxy groups -OCH3 is 1. The molecule has 1 atom stereocenters. The quantitative estimate of drug-likeness (QED) is 0.577. The molecule has 0 aliphatic carbocycles. The summed E-state index contributed by atoms with van der Waals surface area (Å²) in [5.74, 6) is -1.71. The van der Waals surface area contributed by atoms with Gasteiger partial charge in [0.05, 0.1) is 18.4 Å². The third kappa shape index (κ3) is 3.69. The van der Waals surface area contributed by atoms with Crippen LogP contribution < -0.4 is 10.6 Å². The van der Waals surface area contributed by atoms with E-state index in [4.69, 9.17) is 4.74 Å². The van der Waals surface area contributed by atoms with Crippen LogP contribution in [0.1, 0.15) is 29.3 Å². The molecule has 8 nitrogen and oxygen atoms in total. The topological polar surface area (TPSA) is 105 Å². The van der Waals surface area contributed by atoms with E-state index in [0.29, 0.717) is 12.0 Å². The molecule has 0 radical (unpaired) electrons. The Bertz CT molecular complexity index is 960. The van der Waals surface area contributed by atoms with Crippen LogP contribution in [0.5, 0.6) is 0 Å². The average molecular weight is 395 g/mol. The monoisotopic (exact) mass is 395 g/mol. The number of hydrogen-bond donors (Lipinski definition) is 2. The highest BCUT2D eigenvalue weighted by Gasteiger charge is 2.51. The highest BCUT2D eigenvalue weighted by molar-refractivity contribution is 6.11. The number of carbonyl (C=O) groups excluding carboxylic acids is 4. The molecule has 4 amide bonds. The fourth-order valence-corrected chi connectivity index (χ4v) is 3.35. The van der Waals surface area contributed by atoms with Crippen molar-refractivity contribution >= 4 is 29.5 Å². The minimum atomic E-state index is -1.21. The normalized spacial score (nSPS) is 18.3. The van der Waals surface area contributed by atoms with E-state index < -0.39 is 35.9 Å². The highest BCUT2D eigenvalue weighted by Crippen LogP contribution is 2.32. The number of benzene rings is 2. The van der Waals surface area contributed by atoms with Gasteiger partial charge < -0.3 is 15.4 Å². The molecule has 29 heavy (non-hydrogen) atoms. The Hall–Kier alpha value is -3.68. The number of ether oxygens (including phenoxy) is 1. The molecule has 150 valence electrons. The fourth-order valence-electron chi connectivity index (χ4n) is 3.35. The summed E-state index contributed by atoms with van der Waals surface area (Å²) in [7, 11) is 1.24. The fraction of sp³-hybridized carbons (Fsp3) is 0.238. The smallest absolute Gasteiger partial charge is 0.339 e. The largest absolute Gasteiger partial charge is 0.465 e. The van der Waals surface area contributed by atoms with E-state index in [1.54, 1.807) is 43.3 Å². The predicted octanol–water partition coefficient (Wildman–Crippen LogP) is 2.27. The summed E-state index contributed by atoms with van der Waals surface area (Å²) >= 11 is 0. The van der Waals surface area contributed by atoms with Crippen LogP contribution in [0.4, 0.5) is 10.5 Å². The number of amides is 4. The van der Waals surface area contributed by atoms with Crippen molar-refractivity contribution in [2.24, 2.45) is 0 Å². The van der Waals surface area contributed by atoms with Crippen molar-refractivity contribution in [2.45, 2.75) is 18.9 Å². The summed E-state index contributed by atoms with van der Waals surface area (Å²) < 4.78 is 4.70. The van der Waals surface area contributed by atoms with E-state index in [-0.39, 0.29) is 11.3 Å². The van der Waals surface area contributed by atoms with Gasteiger partial charge in [-0.3, -0.25) is 14.5 Å². The van der Waals surface area contributed by atoms with Gasteiger partial charge in [0.15, 0.2) is 0 Å². The van der Waals surface area contributed by atoms with Gasteiger partial charge >= 0.3 is 12.0 Å². The number of anilines is 1. The molecule has 3 rings (SSSR count). The van der Waals surface area contributed by atoms with Crippen molar-refractivity contribution in [3.63, 3.8) is 0 Å². The van der Waals surface area contributed by atoms with E-state index in [1.807, 2.05) is 6.07 Å². The van der Waals surface area contributed by atoms with E-state index >= 15 is 0 Å². The summed E-state index contributed by atoms with van der Waals surface area (Å²) in [6, 6.07) is 14.6. The molecule has 8 heteroatoms. The summed E-state index contributed by atoms with van der Waals surface area (Å²) in [4.78, 5) is 50.8. The van der Waals surface area contributed by atoms with Crippen molar-refractivity contribution in [1.82, 2.24) is 10.2 Å². The zero-order valence-electron chi connectivity index (χ0n) is 16.1. The Morgan fingerprint density at radius 1 is 1.07 bits per heavy atom. The van der Waals surface area contributed by atoms with Crippen LogP contribution in [-0.2, 0) is 19.9 Å². The molecule has 0 spiro atoms. The van der Waals surface area contributed by atoms with Crippen LogP contribution in [0.3, 0.4) is 0 Å². The minimum Gasteiger partial charge on any atom is -0.465 e. The van der Waals surface area contributed by atoms with Crippen molar-refractivity contribution < 1.29 is 23.9 Å². The number of hydrogen-bond acceptors (Lipinski definition) is 5. The first-order chi connectivity index (χ1) is 13.9. The Kier molecular flexibility index (Phi) is 5.63. The minimum absolute atomic E-state index is 0.174. The number of carbonyl (C=O) groups is 4. The molecule has 0 aromatic heterocycles. The van der Waals surface area contributed by atoms with Gasteiger partial charge in [0.2, 0.25) is 5.91 Å². The first kappa shape index (κ1) is 20.1. The molecule has 1 heterocycles. The second-order valence-electron chi connectivity index (χ2n) is 6.53. The van der Waals surface area contributed by atoms with E-state index in [1.165, 1.54) is 19.2 Å². The molecule has 2 aromatic carbocycles. The van der Waals surface area contributed by atoms with E-state index in [0.717, 1.165) is 4.90 Å². The second kappa shape index (κ2) is 8.14.